The van der Waals surface area contributed by atoms with Crippen molar-refractivity contribution in [2.75, 3.05) is 6.61 Å². The predicted molar refractivity (Wildman–Crippen MR) is 305 cm³/mol. The molecule has 3 N–H and O–H groups in total. The van der Waals surface area contributed by atoms with E-state index in [9.17, 15) is 19.8 Å². The molecule has 70 heavy (non-hydrogen) atoms. The molecule has 0 fully saturated rings. The lowest BCUT2D eigenvalue weighted by atomic mass is 10.0. The van der Waals surface area contributed by atoms with Gasteiger partial charge in [-0.2, -0.15) is 0 Å². The van der Waals surface area contributed by atoms with Crippen LogP contribution in [0.5, 0.6) is 0 Å². The zero-order valence-electron chi connectivity index (χ0n) is 45.1. The van der Waals surface area contributed by atoms with E-state index < -0.39 is 18.2 Å². The number of unbranched alkanes of at least 4 members (excludes halogenated alkanes) is 21. The van der Waals surface area contributed by atoms with Crippen molar-refractivity contribution in [2.45, 2.75) is 251 Å². The Balaban J connectivity index is 4.80. The van der Waals surface area contributed by atoms with Crippen molar-refractivity contribution in [3.8, 4) is 0 Å². The molecular weight excluding hydrogens is 863 g/mol. The van der Waals surface area contributed by atoms with Crippen molar-refractivity contribution >= 4 is 11.9 Å². The highest BCUT2D eigenvalue weighted by Gasteiger charge is 2.23. The van der Waals surface area contributed by atoms with Gasteiger partial charge in [0.25, 0.3) is 0 Å². The molecule has 1 amide bonds. The van der Waals surface area contributed by atoms with E-state index in [1.807, 2.05) is 30.4 Å². The average Bonchev–Trinajstić information content (AvgIpc) is 3.35. The minimum Gasteiger partial charge on any atom is -0.458 e. The van der Waals surface area contributed by atoms with Gasteiger partial charge >= 0.3 is 5.97 Å². The highest BCUT2D eigenvalue weighted by atomic mass is 16.5. The fourth-order valence-corrected chi connectivity index (χ4v) is 7.81. The summed E-state index contributed by atoms with van der Waals surface area (Å²) in [6.07, 6.45) is 79.6. The second kappa shape index (κ2) is 55.9. The van der Waals surface area contributed by atoms with Gasteiger partial charge in [-0.15, -0.1) is 0 Å². The Morgan fingerprint density at radius 2 is 0.871 bits per heavy atom. The van der Waals surface area contributed by atoms with Crippen LogP contribution in [0.3, 0.4) is 0 Å². The van der Waals surface area contributed by atoms with E-state index in [-0.39, 0.29) is 24.9 Å². The molecule has 0 rings (SSSR count). The Morgan fingerprint density at radius 1 is 0.457 bits per heavy atom. The van der Waals surface area contributed by atoms with Crippen LogP contribution in [0.4, 0.5) is 0 Å². The number of rotatable bonds is 49. The van der Waals surface area contributed by atoms with Gasteiger partial charge in [-0.3, -0.25) is 9.59 Å². The normalized spacial score (nSPS) is 14.2. The Hall–Kier alpha value is -4.00. The van der Waals surface area contributed by atoms with E-state index in [0.717, 1.165) is 96.3 Å². The van der Waals surface area contributed by atoms with E-state index in [1.165, 1.54) is 89.9 Å². The second-order valence-electron chi connectivity index (χ2n) is 18.7. The number of hydrogen-bond donors (Lipinski definition) is 3. The molecule has 0 aromatic heterocycles. The van der Waals surface area contributed by atoms with Crippen LogP contribution in [-0.4, -0.2) is 46.9 Å². The molecule has 6 heteroatoms. The first-order valence-corrected chi connectivity index (χ1v) is 28.5. The monoisotopic (exact) mass is 968 g/mol. The molecule has 0 aliphatic rings. The first-order chi connectivity index (χ1) is 34.5. The number of esters is 1. The van der Waals surface area contributed by atoms with E-state index in [1.54, 1.807) is 6.08 Å². The summed E-state index contributed by atoms with van der Waals surface area (Å²) in [5, 5.41) is 23.8. The first kappa shape index (κ1) is 66.0. The third-order valence-electron chi connectivity index (χ3n) is 12.1. The van der Waals surface area contributed by atoms with Crippen molar-refractivity contribution < 1.29 is 24.5 Å². The molecule has 0 aliphatic carbocycles. The highest BCUT2D eigenvalue weighted by molar-refractivity contribution is 5.78. The molecule has 3 unspecified atom stereocenters. The fourth-order valence-electron chi connectivity index (χ4n) is 7.81. The Kier molecular flexibility index (Phi) is 52.7. The maximum Gasteiger partial charge on any atom is 0.306 e. The standard InChI is InChI=1S/C64H105NO5/c1-4-7-10-13-16-19-22-25-28-31-33-36-39-42-45-48-51-54-57-64(69)70-60(55-52-49-46-43-40-37-34-32-29-26-23-20-17-14-11-8-5-2)58-63(68)65-61(59-66)62(67)56-53-50-47-44-41-38-35-30-27-24-21-18-15-12-9-6-3/h8,10-11,13,16-17,19-20,22,25-26,28-29,31,33-34,36-37,43,46,52,55,60-62,66-67H,4-7,9,12,14-15,18,21,23-24,27,30,32,35,38-42,44-45,47-51,53-54,56-59H2,1-3H3,(H,65,68)/b11-8-,13-10+,19-16+,20-17-,25-22+,29-26-,31-28+,36-33+,37-34-,46-43-,55-52-. The lowest BCUT2D eigenvalue weighted by Gasteiger charge is -2.23. The minimum atomic E-state index is -0.835. The molecule has 0 bridgehead atoms. The molecule has 0 saturated heterocycles. The van der Waals surface area contributed by atoms with Crippen molar-refractivity contribution in [1.82, 2.24) is 5.32 Å². The number of hydrogen-bond acceptors (Lipinski definition) is 5. The number of ether oxygens (including phenoxy) is 1. The third kappa shape index (κ3) is 50.4. The number of aliphatic hydroxyl groups excluding tert-OH is 2. The van der Waals surface area contributed by atoms with Crippen LogP contribution in [0.25, 0.3) is 0 Å². The molecule has 0 heterocycles. The molecule has 0 saturated carbocycles. The van der Waals surface area contributed by atoms with E-state index in [0.29, 0.717) is 19.3 Å². The molecule has 0 aromatic carbocycles. The summed E-state index contributed by atoms with van der Waals surface area (Å²) in [5.41, 5.74) is 0. The lowest BCUT2D eigenvalue weighted by Crippen LogP contribution is -2.46. The molecule has 396 valence electrons. The molecule has 0 radical (unpaired) electrons. The molecular formula is C64H105NO5. The van der Waals surface area contributed by atoms with Crippen LogP contribution in [0.15, 0.2) is 134 Å². The summed E-state index contributed by atoms with van der Waals surface area (Å²) >= 11 is 0. The number of carbonyl (C=O) groups excluding carboxylic acids is 2. The van der Waals surface area contributed by atoms with Crippen LogP contribution in [-0.2, 0) is 14.3 Å². The summed E-state index contributed by atoms with van der Waals surface area (Å²) in [5.74, 6) is -0.668. The summed E-state index contributed by atoms with van der Waals surface area (Å²) in [4.78, 5) is 26.2. The van der Waals surface area contributed by atoms with Crippen molar-refractivity contribution in [3.05, 3.63) is 134 Å². The molecule has 0 aliphatic heterocycles. The number of amides is 1. The summed E-state index contributed by atoms with van der Waals surface area (Å²) < 4.78 is 5.84. The molecule has 0 aromatic rings. The number of aliphatic hydroxyl groups is 2. The zero-order chi connectivity index (χ0) is 50.9. The third-order valence-corrected chi connectivity index (χ3v) is 12.1. The number of nitrogens with one attached hydrogen (secondary N) is 1. The van der Waals surface area contributed by atoms with Gasteiger partial charge in [0.05, 0.1) is 25.2 Å². The fraction of sp³-hybridized carbons (Fsp3) is 0.625. The predicted octanol–water partition coefficient (Wildman–Crippen LogP) is 17.8. The van der Waals surface area contributed by atoms with E-state index >= 15 is 0 Å². The smallest absolute Gasteiger partial charge is 0.306 e. The van der Waals surface area contributed by atoms with Crippen molar-refractivity contribution in [1.29, 1.82) is 0 Å². The Labute approximate surface area is 431 Å². The van der Waals surface area contributed by atoms with Crippen LogP contribution >= 0.6 is 0 Å². The van der Waals surface area contributed by atoms with Crippen molar-refractivity contribution in [2.24, 2.45) is 0 Å². The maximum atomic E-state index is 13.2. The van der Waals surface area contributed by atoms with Crippen LogP contribution in [0.1, 0.15) is 233 Å². The largest absolute Gasteiger partial charge is 0.458 e. The van der Waals surface area contributed by atoms with E-state index in [2.05, 4.69) is 123 Å². The van der Waals surface area contributed by atoms with Gasteiger partial charge < -0.3 is 20.3 Å². The van der Waals surface area contributed by atoms with E-state index in [4.69, 9.17) is 4.74 Å². The lowest BCUT2D eigenvalue weighted by molar-refractivity contribution is -0.148. The van der Waals surface area contributed by atoms with Crippen LogP contribution in [0, 0.1) is 0 Å². The highest BCUT2D eigenvalue weighted by Crippen LogP contribution is 2.16. The van der Waals surface area contributed by atoms with Gasteiger partial charge in [0.1, 0.15) is 6.10 Å². The first-order valence-electron chi connectivity index (χ1n) is 28.5. The minimum absolute atomic E-state index is 0.0665. The van der Waals surface area contributed by atoms with Gasteiger partial charge in [-0.1, -0.05) is 277 Å². The summed E-state index contributed by atoms with van der Waals surface area (Å²) in [6.45, 7) is 6.25. The second-order valence-corrected chi connectivity index (χ2v) is 18.7. The van der Waals surface area contributed by atoms with Crippen LogP contribution < -0.4 is 5.32 Å². The average molecular weight is 969 g/mol. The number of carbonyl (C=O) groups is 2. The van der Waals surface area contributed by atoms with Gasteiger partial charge in [0, 0.05) is 6.42 Å². The zero-order valence-corrected chi connectivity index (χ0v) is 45.1. The molecule has 0 spiro atoms. The maximum absolute atomic E-state index is 13.2. The van der Waals surface area contributed by atoms with Gasteiger partial charge in [-0.05, 0) is 76.7 Å². The van der Waals surface area contributed by atoms with Crippen LogP contribution in [0.2, 0.25) is 0 Å². The Bertz CT molecular complexity index is 1510. The molecule has 6 nitrogen and oxygen atoms in total. The topological polar surface area (TPSA) is 95.9 Å². The molecule has 3 atom stereocenters. The van der Waals surface area contributed by atoms with Gasteiger partial charge in [0.2, 0.25) is 5.91 Å². The number of allylic oxidation sites excluding steroid dienone is 21. The van der Waals surface area contributed by atoms with Crippen molar-refractivity contribution in [3.63, 3.8) is 0 Å². The SMILES string of the molecule is CC/C=C\C/C=C\C/C=C\C/C=C\C/C=C\C/C=C\C(CC(=O)NC(CO)C(O)CCCCCCCCCCCCCCCCCC)OC(=O)CCCCCCC/C=C/C=C/C=C/C=C/C=C/CCC. The van der Waals surface area contributed by atoms with Gasteiger partial charge in [-0.25, -0.2) is 0 Å². The Morgan fingerprint density at radius 3 is 1.34 bits per heavy atom. The summed E-state index contributed by atoms with van der Waals surface area (Å²) in [7, 11) is 0. The quantitative estimate of drug-likeness (QED) is 0.0244. The van der Waals surface area contributed by atoms with Gasteiger partial charge in [0.15, 0.2) is 0 Å². The summed E-state index contributed by atoms with van der Waals surface area (Å²) in [6, 6.07) is -0.759.